The summed E-state index contributed by atoms with van der Waals surface area (Å²) in [5.41, 5.74) is 13.5. The van der Waals surface area contributed by atoms with E-state index < -0.39 is 60.6 Å². The van der Waals surface area contributed by atoms with Gasteiger partial charge in [-0.1, -0.05) is 0 Å². The van der Waals surface area contributed by atoms with Crippen LogP contribution in [0.3, 0.4) is 0 Å². The maximum absolute atomic E-state index is 3.16. The number of allylic oxidation sites excluding steroid dienone is 1. The van der Waals surface area contributed by atoms with E-state index in [0.717, 1.165) is 15.5 Å². The summed E-state index contributed by atoms with van der Waals surface area (Å²) in [7, 11) is -7.14. The van der Waals surface area contributed by atoms with Crippen LogP contribution < -0.4 is 8.79 Å². The van der Waals surface area contributed by atoms with Crippen molar-refractivity contribution >= 4 is 79.4 Å². The van der Waals surface area contributed by atoms with E-state index in [0.29, 0.717) is 0 Å². The first-order valence-electron chi connectivity index (χ1n) is 19.7. The van der Waals surface area contributed by atoms with Crippen LogP contribution >= 0.6 is 10.1 Å². The Morgan fingerprint density at radius 3 is 1.10 bits per heavy atom. The summed E-state index contributed by atoms with van der Waals surface area (Å²) in [6.07, 6.45) is 0. The molecule has 0 N–H and O–H groups in total. The second-order valence-electron chi connectivity index (χ2n) is 23.2. The SMILES string of the molecule is CC1=C(C)[CH2][Ge]([c]2c(C)cc(C)cc2C)([c]2c(C([Si](C)(C)C)[Si](C)(C)C)cc(C([Si](C)(C)C)[Si](C)(C)C)cc2C([Si](C)(C)C)[Si](C)(C)C)[S]C1. The van der Waals surface area contributed by atoms with Gasteiger partial charge in [-0.2, -0.15) is 0 Å². The molecule has 1 heterocycles. The molecule has 0 spiro atoms. The summed E-state index contributed by atoms with van der Waals surface area (Å²) in [5.74, 6) is 1.21. The van der Waals surface area contributed by atoms with E-state index in [1.54, 1.807) is 27.8 Å². The summed E-state index contributed by atoms with van der Waals surface area (Å²) in [6, 6.07) is 11.1. The van der Waals surface area contributed by atoms with Crippen LogP contribution in [0.5, 0.6) is 0 Å². The monoisotopic (exact) mass is 858 g/mol. The van der Waals surface area contributed by atoms with E-state index in [1.807, 2.05) is 19.9 Å². The van der Waals surface area contributed by atoms with Crippen LogP contribution in [0.4, 0.5) is 0 Å². The molecule has 0 saturated carbocycles. The fourth-order valence-corrected chi connectivity index (χ4v) is 70.9. The predicted molar refractivity (Wildman–Crippen MR) is 256 cm³/mol. The maximum atomic E-state index is 2.99. The Balaban J connectivity index is 2.93. The zero-order chi connectivity index (χ0) is 39.0. The minimum absolute atomic E-state index is 0.734. The first-order valence-corrected chi connectivity index (χ1v) is 48.3. The molecule has 0 nitrogen and oxygen atoms in total. The standard InChI is InChI=1S/C42H80GeSSi6/c1-30-24-31(2)38(32(3)25-30)43(28-33(4)34(5)29-44-43)39-36(41(47(12,13)14)48(15,16)17)26-35(40(45(6,7)8)46(9,10)11)27-37(39)42(49(18,19)20)50(21,22)23/h24-27,40-42H,28-29H2,1-23H3. The van der Waals surface area contributed by atoms with Gasteiger partial charge in [-0.15, -0.1) is 0 Å². The summed E-state index contributed by atoms with van der Waals surface area (Å²) in [6.45, 7) is 61.3. The summed E-state index contributed by atoms with van der Waals surface area (Å²) < 4.78 is 3.82. The fourth-order valence-electron chi connectivity index (χ4n) is 11.8. The van der Waals surface area contributed by atoms with Gasteiger partial charge in [0.05, 0.1) is 0 Å². The van der Waals surface area contributed by atoms with Crippen molar-refractivity contribution in [2.45, 2.75) is 173 Å². The number of hydrogen-bond acceptors (Lipinski definition) is 1. The fraction of sp³-hybridized carbons (Fsp3) is 0.667. The van der Waals surface area contributed by atoms with Crippen LogP contribution in [0.25, 0.3) is 0 Å². The zero-order valence-corrected chi connectivity index (χ0v) is 46.3. The molecule has 0 radical (unpaired) electrons. The van der Waals surface area contributed by atoms with E-state index in [2.05, 4.69) is 187 Å². The van der Waals surface area contributed by atoms with Crippen LogP contribution in [0, 0.1) is 20.8 Å². The first kappa shape index (κ1) is 44.8. The molecule has 0 saturated heterocycles. The third-order valence-corrected chi connectivity index (χ3v) is 55.9. The molecule has 0 amide bonds. The first-order chi connectivity index (χ1) is 22.2. The van der Waals surface area contributed by atoms with Crippen molar-refractivity contribution in [3.05, 3.63) is 68.8 Å². The van der Waals surface area contributed by atoms with Gasteiger partial charge in [-0.3, -0.25) is 0 Å². The Morgan fingerprint density at radius 2 is 0.800 bits per heavy atom. The predicted octanol–water partition coefficient (Wildman–Crippen LogP) is 13.3. The van der Waals surface area contributed by atoms with Crippen LogP contribution in [-0.2, 0) is 0 Å². The molecule has 2 aromatic carbocycles. The Bertz CT molecular complexity index is 1480. The van der Waals surface area contributed by atoms with E-state index in [1.165, 1.54) is 16.6 Å². The van der Waals surface area contributed by atoms with Crippen LogP contribution in [0.2, 0.25) is 123 Å². The molecule has 282 valence electrons. The van der Waals surface area contributed by atoms with Gasteiger partial charge in [0.15, 0.2) is 0 Å². The van der Waals surface area contributed by atoms with Gasteiger partial charge in [-0.05, 0) is 0 Å². The molecule has 1 unspecified atom stereocenters. The van der Waals surface area contributed by atoms with E-state index in [9.17, 15) is 0 Å². The van der Waals surface area contributed by atoms with Crippen molar-refractivity contribution in [3.63, 3.8) is 0 Å². The number of benzene rings is 2. The summed E-state index contributed by atoms with van der Waals surface area (Å²) in [4.78, 5) is 0. The molecule has 0 aromatic heterocycles. The Hall–Kier alpha value is 0.374. The second-order valence-corrected chi connectivity index (χ2v) is 69.1. The molecule has 0 aliphatic carbocycles. The van der Waals surface area contributed by atoms with Crippen molar-refractivity contribution in [1.29, 1.82) is 0 Å². The van der Waals surface area contributed by atoms with Crippen molar-refractivity contribution in [2.75, 3.05) is 5.75 Å². The van der Waals surface area contributed by atoms with Crippen LogP contribution in [-0.4, -0.2) is 66.3 Å². The quantitative estimate of drug-likeness (QED) is 0.160. The summed E-state index contributed by atoms with van der Waals surface area (Å²) in [5, 5.41) is 3.54. The number of hydrogen-bond donors (Lipinski definition) is 0. The molecular formula is C42H80GeSSi6. The Morgan fingerprint density at radius 1 is 0.460 bits per heavy atom. The van der Waals surface area contributed by atoms with Gasteiger partial charge in [0.25, 0.3) is 0 Å². The van der Waals surface area contributed by atoms with Gasteiger partial charge in [-0.25, -0.2) is 0 Å². The topological polar surface area (TPSA) is 0 Å². The molecule has 1 aliphatic rings. The second kappa shape index (κ2) is 14.8. The van der Waals surface area contributed by atoms with Gasteiger partial charge in [0.1, 0.15) is 0 Å². The van der Waals surface area contributed by atoms with Gasteiger partial charge in [0, 0.05) is 0 Å². The Labute approximate surface area is 324 Å². The van der Waals surface area contributed by atoms with Crippen molar-refractivity contribution < 1.29 is 0 Å². The molecule has 0 bridgehead atoms. The molecule has 8 heteroatoms. The van der Waals surface area contributed by atoms with E-state index in [4.69, 9.17) is 0 Å². The molecule has 3 rings (SSSR count). The van der Waals surface area contributed by atoms with Crippen molar-refractivity contribution in [1.82, 2.24) is 0 Å². The van der Waals surface area contributed by atoms with Gasteiger partial charge >= 0.3 is 327 Å². The third-order valence-electron chi connectivity index (χ3n) is 11.6. The Kier molecular flexibility index (Phi) is 13.2. The van der Waals surface area contributed by atoms with E-state index in [-0.39, 0.29) is 0 Å². The average Bonchev–Trinajstić information content (AvgIpc) is 2.80. The molecule has 0 fully saturated rings. The van der Waals surface area contributed by atoms with E-state index >= 15 is 0 Å². The molecule has 50 heavy (non-hydrogen) atoms. The van der Waals surface area contributed by atoms with Crippen LogP contribution in [0.15, 0.2) is 35.4 Å². The van der Waals surface area contributed by atoms with Crippen molar-refractivity contribution in [3.8, 4) is 0 Å². The summed E-state index contributed by atoms with van der Waals surface area (Å²) >= 11 is -3.16. The molecular weight excluding hydrogens is 778 g/mol. The molecule has 1 aliphatic heterocycles. The van der Waals surface area contributed by atoms with Gasteiger partial charge in [0.2, 0.25) is 0 Å². The normalized spacial score (nSPS) is 19.0. The van der Waals surface area contributed by atoms with Crippen LogP contribution in [0.1, 0.15) is 62.7 Å². The molecule has 2 aromatic rings. The number of rotatable bonds is 11. The average molecular weight is 858 g/mol. The van der Waals surface area contributed by atoms with Gasteiger partial charge < -0.3 is 0 Å². The van der Waals surface area contributed by atoms with Crippen molar-refractivity contribution in [2.24, 2.45) is 0 Å². The molecule has 1 atom stereocenters. The zero-order valence-electron chi connectivity index (χ0n) is 37.4. The third kappa shape index (κ3) is 9.42. The minimum atomic E-state index is -3.16. The number of aryl methyl sites for hydroxylation is 3.